The van der Waals surface area contributed by atoms with Gasteiger partial charge < -0.3 is 14.8 Å². The van der Waals surface area contributed by atoms with Gasteiger partial charge in [-0.05, 0) is 31.0 Å². The maximum atomic E-state index is 12.0. The first-order valence-corrected chi connectivity index (χ1v) is 6.61. The monoisotopic (exact) mass is 313 g/mol. The van der Waals surface area contributed by atoms with Crippen molar-refractivity contribution in [2.45, 2.75) is 20.0 Å². The van der Waals surface area contributed by atoms with Crippen molar-refractivity contribution < 1.29 is 27.8 Å². The maximum Gasteiger partial charge on any atom is 0.387 e. The molecule has 0 radical (unpaired) electrons. The topological polar surface area (TPSA) is 64.6 Å². The molecule has 1 amide bonds. The van der Waals surface area contributed by atoms with Crippen molar-refractivity contribution in [3.8, 4) is 5.75 Å². The first-order valence-electron chi connectivity index (χ1n) is 6.61. The highest BCUT2D eigenvalue weighted by molar-refractivity contribution is 5.85. The number of rotatable bonds is 8. The van der Waals surface area contributed by atoms with E-state index in [1.165, 1.54) is 24.3 Å². The van der Waals surface area contributed by atoms with Crippen LogP contribution in [0.25, 0.3) is 0 Å². The summed E-state index contributed by atoms with van der Waals surface area (Å²) in [6.07, 6.45) is 3.25. The minimum atomic E-state index is -2.85. The third kappa shape index (κ3) is 7.37. The van der Waals surface area contributed by atoms with Gasteiger partial charge in [0, 0.05) is 12.6 Å². The van der Waals surface area contributed by atoms with E-state index in [0.29, 0.717) is 13.0 Å². The lowest BCUT2D eigenvalue weighted by atomic mass is 10.1. The van der Waals surface area contributed by atoms with E-state index >= 15 is 0 Å². The first-order chi connectivity index (χ1) is 10.5. The van der Waals surface area contributed by atoms with Gasteiger partial charge in [0.05, 0.1) is 0 Å². The molecule has 7 heteroatoms. The van der Waals surface area contributed by atoms with Crippen LogP contribution >= 0.6 is 0 Å². The molecule has 0 bridgehead atoms. The second-order valence-electron chi connectivity index (χ2n) is 4.23. The van der Waals surface area contributed by atoms with Crippen LogP contribution in [0, 0.1) is 0 Å². The van der Waals surface area contributed by atoms with Gasteiger partial charge in [0.15, 0.2) is 6.61 Å². The number of benzene rings is 1. The number of halogens is 2. The number of carbonyl (C=O) groups excluding carboxylic acids is 2. The van der Waals surface area contributed by atoms with Crippen molar-refractivity contribution in [1.82, 2.24) is 5.32 Å². The van der Waals surface area contributed by atoms with E-state index in [2.05, 4.69) is 14.8 Å². The lowest BCUT2D eigenvalue weighted by Gasteiger charge is -2.07. The summed E-state index contributed by atoms with van der Waals surface area (Å²) in [5, 5.41) is 2.58. The predicted octanol–water partition coefficient (Wildman–Crippen LogP) is 2.07. The van der Waals surface area contributed by atoms with E-state index in [4.69, 9.17) is 0 Å². The summed E-state index contributed by atoms with van der Waals surface area (Å²) in [6, 6.07) is 6.14. The lowest BCUT2D eigenvalue weighted by molar-refractivity contribution is -0.143. The van der Waals surface area contributed by atoms with Crippen molar-refractivity contribution in [1.29, 1.82) is 0 Å². The third-order valence-electron chi connectivity index (χ3n) is 2.53. The number of amides is 1. The van der Waals surface area contributed by atoms with Crippen molar-refractivity contribution >= 4 is 11.9 Å². The molecule has 22 heavy (non-hydrogen) atoms. The summed E-state index contributed by atoms with van der Waals surface area (Å²) in [4.78, 5) is 22.4. The Hall–Kier alpha value is -2.44. The fraction of sp³-hybridized carbons (Fsp3) is 0.333. The van der Waals surface area contributed by atoms with Crippen LogP contribution in [0.3, 0.4) is 0 Å². The molecule has 5 nitrogen and oxygen atoms in total. The Morgan fingerprint density at radius 2 is 1.95 bits per heavy atom. The zero-order chi connectivity index (χ0) is 16.4. The number of allylic oxidation sites excluding steroid dienone is 1. The zero-order valence-electron chi connectivity index (χ0n) is 12.1. The van der Waals surface area contributed by atoms with Crippen molar-refractivity contribution in [2.75, 3.05) is 13.2 Å². The van der Waals surface area contributed by atoms with Gasteiger partial charge in [-0.1, -0.05) is 18.2 Å². The molecular formula is C15H17F2NO4. The smallest absolute Gasteiger partial charge is 0.387 e. The highest BCUT2D eigenvalue weighted by Crippen LogP contribution is 2.14. The summed E-state index contributed by atoms with van der Waals surface area (Å²) in [7, 11) is 0. The molecule has 0 fully saturated rings. The van der Waals surface area contributed by atoms with Crippen molar-refractivity contribution in [3.05, 3.63) is 42.0 Å². The third-order valence-corrected chi connectivity index (χ3v) is 2.53. The van der Waals surface area contributed by atoms with Crippen LogP contribution in [0.2, 0.25) is 0 Å². The lowest BCUT2D eigenvalue weighted by Crippen LogP contribution is -2.30. The molecule has 120 valence electrons. The molecule has 0 spiro atoms. The molecule has 0 saturated carbocycles. The van der Waals surface area contributed by atoms with Gasteiger partial charge in [0.2, 0.25) is 0 Å². The van der Waals surface area contributed by atoms with Crippen LogP contribution in [-0.2, 0) is 20.7 Å². The molecule has 0 aliphatic heterocycles. The number of esters is 1. The Morgan fingerprint density at radius 1 is 1.27 bits per heavy atom. The molecule has 1 aromatic rings. The molecule has 0 aliphatic carbocycles. The second kappa shape index (κ2) is 9.49. The van der Waals surface area contributed by atoms with Gasteiger partial charge >= 0.3 is 12.6 Å². The Kier molecular flexibility index (Phi) is 7.60. The van der Waals surface area contributed by atoms with Gasteiger partial charge in [0.25, 0.3) is 5.91 Å². The van der Waals surface area contributed by atoms with E-state index < -0.39 is 18.5 Å². The number of nitrogens with one attached hydrogen (secondary N) is 1. The quantitative estimate of drug-likeness (QED) is 0.589. The fourth-order valence-corrected chi connectivity index (χ4v) is 1.56. The van der Waals surface area contributed by atoms with Crippen LogP contribution in [0.5, 0.6) is 5.75 Å². The van der Waals surface area contributed by atoms with Crippen LogP contribution in [-0.4, -0.2) is 31.6 Å². The molecule has 0 aromatic heterocycles. The SMILES string of the molecule is C/C=C/C(=O)OCC(=O)NCCc1ccc(OC(F)F)cc1. The second-order valence-corrected chi connectivity index (χ2v) is 4.23. The Bertz CT molecular complexity index is 515. The summed E-state index contributed by atoms with van der Waals surface area (Å²) < 4.78 is 32.9. The molecule has 0 aliphatic rings. The predicted molar refractivity (Wildman–Crippen MR) is 75.6 cm³/mol. The average molecular weight is 313 g/mol. The highest BCUT2D eigenvalue weighted by atomic mass is 19.3. The standard InChI is InChI=1S/C15H17F2NO4/c1-2-3-14(20)21-10-13(19)18-9-8-11-4-6-12(7-5-11)22-15(16)17/h2-7,15H,8-10H2,1H3,(H,18,19)/b3-2+. The van der Waals surface area contributed by atoms with Crippen LogP contribution in [0.15, 0.2) is 36.4 Å². The van der Waals surface area contributed by atoms with Gasteiger partial charge in [-0.15, -0.1) is 0 Å². The molecule has 0 saturated heterocycles. The molecule has 1 N–H and O–H groups in total. The van der Waals surface area contributed by atoms with E-state index in [1.807, 2.05) is 0 Å². The van der Waals surface area contributed by atoms with Crippen LogP contribution < -0.4 is 10.1 Å². The van der Waals surface area contributed by atoms with E-state index in [9.17, 15) is 18.4 Å². The van der Waals surface area contributed by atoms with Gasteiger partial charge in [0.1, 0.15) is 5.75 Å². The Labute approximate surface area is 126 Å². The van der Waals surface area contributed by atoms with E-state index in [0.717, 1.165) is 5.56 Å². The first kappa shape index (κ1) is 17.6. The number of alkyl halides is 2. The molecule has 1 aromatic carbocycles. The number of hydrogen-bond donors (Lipinski definition) is 1. The zero-order valence-corrected chi connectivity index (χ0v) is 12.1. The van der Waals surface area contributed by atoms with E-state index in [-0.39, 0.29) is 12.4 Å². The highest BCUT2D eigenvalue weighted by Gasteiger charge is 2.05. The summed E-state index contributed by atoms with van der Waals surface area (Å²) in [6.45, 7) is -1.19. The van der Waals surface area contributed by atoms with Crippen molar-refractivity contribution in [3.63, 3.8) is 0 Å². The normalized spacial score (nSPS) is 10.7. The summed E-state index contributed by atoms with van der Waals surface area (Å²) >= 11 is 0. The van der Waals surface area contributed by atoms with Crippen LogP contribution in [0.4, 0.5) is 8.78 Å². The average Bonchev–Trinajstić information content (AvgIpc) is 2.47. The minimum Gasteiger partial charge on any atom is -0.452 e. The van der Waals surface area contributed by atoms with Crippen LogP contribution in [0.1, 0.15) is 12.5 Å². The Morgan fingerprint density at radius 3 is 2.55 bits per heavy atom. The number of hydrogen-bond acceptors (Lipinski definition) is 4. The molecular weight excluding hydrogens is 296 g/mol. The summed E-state index contributed by atoms with van der Waals surface area (Å²) in [5.74, 6) is -0.901. The summed E-state index contributed by atoms with van der Waals surface area (Å²) in [5.41, 5.74) is 0.854. The largest absolute Gasteiger partial charge is 0.452 e. The minimum absolute atomic E-state index is 0.0821. The fourth-order valence-electron chi connectivity index (χ4n) is 1.56. The van der Waals surface area contributed by atoms with Gasteiger partial charge in [-0.2, -0.15) is 8.78 Å². The molecule has 0 atom stereocenters. The molecule has 0 unspecified atom stereocenters. The van der Waals surface area contributed by atoms with Crippen molar-refractivity contribution in [2.24, 2.45) is 0 Å². The van der Waals surface area contributed by atoms with Gasteiger partial charge in [-0.3, -0.25) is 4.79 Å². The molecule has 1 rings (SSSR count). The maximum absolute atomic E-state index is 12.0. The molecule has 0 heterocycles. The van der Waals surface area contributed by atoms with E-state index in [1.54, 1.807) is 19.1 Å². The van der Waals surface area contributed by atoms with Gasteiger partial charge in [-0.25, -0.2) is 4.79 Å². The number of ether oxygens (including phenoxy) is 2. The Balaban J connectivity index is 2.26. The number of carbonyl (C=O) groups is 2.